The Bertz CT molecular complexity index is 445. The van der Waals surface area contributed by atoms with E-state index in [0.717, 1.165) is 27.8 Å². The standard InChI is InChI=1S/C13H19BrN2O/c1-7-4-10(8(14)5-9(7)15)16-11-6-12(17)13(11,2)3/h4-5,11-12,16-17H,6,15H2,1-3H3. The molecule has 2 atom stereocenters. The number of nitrogens with one attached hydrogen (secondary N) is 1. The Kier molecular flexibility index (Phi) is 3.12. The smallest absolute Gasteiger partial charge is 0.0630 e. The van der Waals surface area contributed by atoms with Gasteiger partial charge in [-0.2, -0.15) is 0 Å². The first-order chi connectivity index (χ1) is 7.82. The molecule has 0 spiro atoms. The number of aliphatic hydroxyl groups excluding tert-OH is 1. The Morgan fingerprint density at radius 3 is 2.65 bits per heavy atom. The van der Waals surface area contributed by atoms with E-state index in [0.29, 0.717) is 6.04 Å². The van der Waals surface area contributed by atoms with Gasteiger partial charge in [-0.05, 0) is 47.0 Å². The number of benzene rings is 1. The maximum atomic E-state index is 9.72. The highest BCUT2D eigenvalue weighted by Crippen LogP contribution is 2.43. The lowest BCUT2D eigenvalue weighted by Crippen LogP contribution is -2.56. The molecule has 0 radical (unpaired) electrons. The zero-order valence-electron chi connectivity index (χ0n) is 10.4. The number of hydrogen-bond acceptors (Lipinski definition) is 3. The maximum Gasteiger partial charge on any atom is 0.0630 e. The summed E-state index contributed by atoms with van der Waals surface area (Å²) in [6, 6.07) is 4.26. The molecule has 0 aliphatic heterocycles. The number of aliphatic hydroxyl groups is 1. The van der Waals surface area contributed by atoms with Crippen LogP contribution in [-0.2, 0) is 0 Å². The number of nitrogen functional groups attached to an aromatic ring is 1. The van der Waals surface area contributed by atoms with Crippen molar-refractivity contribution in [1.29, 1.82) is 0 Å². The van der Waals surface area contributed by atoms with Gasteiger partial charge in [0.1, 0.15) is 0 Å². The molecule has 17 heavy (non-hydrogen) atoms. The molecule has 4 N–H and O–H groups in total. The van der Waals surface area contributed by atoms with E-state index in [1.807, 2.05) is 19.1 Å². The number of aryl methyl sites for hydroxylation is 1. The van der Waals surface area contributed by atoms with Crippen LogP contribution in [0.15, 0.2) is 16.6 Å². The molecule has 0 aromatic heterocycles. The first-order valence-electron chi connectivity index (χ1n) is 5.82. The predicted octanol–water partition coefficient (Wildman–Crippen LogP) is 2.91. The molecule has 3 nitrogen and oxygen atoms in total. The average molecular weight is 299 g/mol. The average Bonchev–Trinajstić information content (AvgIpc) is 2.25. The molecule has 2 unspecified atom stereocenters. The van der Waals surface area contributed by atoms with E-state index in [1.165, 1.54) is 0 Å². The first kappa shape index (κ1) is 12.7. The van der Waals surface area contributed by atoms with Gasteiger partial charge in [-0.3, -0.25) is 0 Å². The molecule has 2 rings (SSSR count). The monoisotopic (exact) mass is 298 g/mol. The molecule has 1 fully saturated rings. The van der Waals surface area contributed by atoms with Gasteiger partial charge in [0.15, 0.2) is 0 Å². The van der Waals surface area contributed by atoms with Gasteiger partial charge in [0, 0.05) is 27.3 Å². The molecule has 1 aliphatic rings. The molecule has 1 aromatic rings. The van der Waals surface area contributed by atoms with Crippen molar-refractivity contribution in [1.82, 2.24) is 0 Å². The minimum atomic E-state index is -0.214. The fourth-order valence-electron chi connectivity index (χ4n) is 2.14. The number of nitrogens with two attached hydrogens (primary N) is 1. The summed E-state index contributed by atoms with van der Waals surface area (Å²) in [4.78, 5) is 0. The summed E-state index contributed by atoms with van der Waals surface area (Å²) in [7, 11) is 0. The summed E-state index contributed by atoms with van der Waals surface area (Å²) in [6.07, 6.45) is 0.580. The lowest BCUT2D eigenvalue weighted by molar-refractivity contribution is -0.0510. The van der Waals surface area contributed by atoms with E-state index in [4.69, 9.17) is 5.73 Å². The quantitative estimate of drug-likeness (QED) is 0.736. The molecule has 0 heterocycles. The van der Waals surface area contributed by atoms with Crippen LogP contribution in [0.3, 0.4) is 0 Å². The second-order valence-corrected chi connectivity index (χ2v) is 6.31. The van der Waals surface area contributed by atoms with E-state index in [9.17, 15) is 5.11 Å². The summed E-state index contributed by atoms with van der Waals surface area (Å²) in [5.74, 6) is 0. The minimum Gasteiger partial charge on any atom is -0.398 e. The van der Waals surface area contributed by atoms with Crippen LogP contribution in [0.5, 0.6) is 0 Å². The predicted molar refractivity (Wildman–Crippen MR) is 75.1 cm³/mol. The first-order valence-corrected chi connectivity index (χ1v) is 6.62. The largest absolute Gasteiger partial charge is 0.398 e. The molecule has 1 aromatic carbocycles. The third kappa shape index (κ3) is 2.16. The Morgan fingerprint density at radius 1 is 1.47 bits per heavy atom. The van der Waals surface area contributed by atoms with E-state index in [-0.39, 0.29) is 11.5 Å². The summed E-state index contributed by atoms with van der Waals surface area (Å²) in [6.45, 7) is 6.15. The van der Waals surface area contributed by atoms with Crippen molar-refractivity contribution < 1.29 is 5.11 Å². The van der Waals surface area contributed by atoms with Crippen molar-refractivity contribution in [2.24, 2.45) is 5.41 Å². The molecular formula is C13H19BrN2O. The molecule has 0 saturated heterocycles. The summed E-state index contributed by atoms with van der Waals surface area (Å²) in [5, 5.41) is 13.2. The molecular weight excluding hydrogens is 280 g/mol. The van der Waals surface area contributed by atoms with Gasteiger partial charge < -0.3 is 16.2 Å². The van der Waals surface area contributed by atoms with Gasteiger partial charge in [0.2, 0.25) is 0 Å². The number of halogens is 1. The highest BCUT2D eigenvalue weighted by molar-refractivity contribution is 9.10. The number of anilines is 2. The summed E-state index contributed by atoms with van der Waals surface area (Å²) in [5.41, 5.74) is 8.66. The van der Waals surface area contributed by atoms with Crippen molar-refractivity contribution in [2.45, 2.75) is 39.3 Å². The Hall–Kier alpha value is -0.740. The van der Waals surface area contributed by atoms with Crippen molar-refractivity contribution in [2.75, 3.05) is 11.1 Å². The third-order valence-corrected chi connectivity index (χ3v) is 4.56. The highest BCUT2D eigenvalue weighted by atomic mass is 79.9. The van der Waals surface area contributed by atoms with Gasteiger partial charge in [-0.15, -0.1) is 0 Å². The van der Waals surface area contributed by atoms with Crippen LogP contribution in [0.4, 0.5) is 11.4 Å². The van der Waals surface area contributed by atoms with Crippen molar-refractivity contribution in [3.8, 4) is 0 Å². The lowest BCUT2D eigenvalue weighted by Gasteiger charge is -2.50. The van der Waals surface area contributed by atoms with E-state index < -0.39 is 0 Å². The topological polar surface area (TPSA) is 58.3 Å². The highest BCUT2D eigenvalue weighted by Gasteiger charge is 2.47. The SMILES string of the molecule is Cc1cc(NC2CC(O)C2(C)C)c(Br)cc1N. The second-order valence-electron chi connectivity index (χ2n) is 5.46. The zero-order valence-corrected chi connectivity index (χ0v) is 12.0. The van der Waals surface area contributed by atoms with Gasteiger partial charge in [0.05, 0.1) is 6.10 Å². The van der Waals surface area contributed by atoms with Crippen molar-refractivity contribution >= 4 is 27.3 Å². The van der Waals surface area contributed by atoms with Gasteiger partial charge in [0.25, 0.3) is 0 Å². The van der Waals surface area contributed by atoms with Gasteiger partial charge in [-0.25, -0.2) is 0 Å². The molecule has 1 saturated carbocycles. The number of hydrogen-bond donors (Lipinski definition) is 3. The molecule has 4 heteroatoms. The maximum absolute atomic E-state index is 9.72. The Labute approximate surface area is 111 Å². The molecule has 0 bridgehead atoms. The number of rotatable bonds is 2. The van der Waals surface area contributed by atoms with Crippen molar-refractivity contribution in [3.05, 3.63) is 22.2 Å². The molecule has 94 valence electrons. The van der Waals surface area contributed by atoms with E-state index in [1.54, 1.807) is 0 Å². The molecule has 0 amide bonds. The van der Waals surface area contributed by atoms with Crippen LogP contribution in [0.1, 0.15) is 25.8 Å². The fraction of sp³-hybridized carbons (Fsp3) is 0.538. The summed E-state index contributed by atoms with van der Waals surface area (Å²) < 4.78 is 0.970. The third-order valence-electron chi connectivity index (χ3n) is 3.90. The van der Waals surface area contributed by atoms with Crippen LogP contribution in [0.2, 0.25) is 0 Å². The van der Waals surface area contributed by atoms with E-state index in [2.05, 4.69) is 35.1 Å². The van der Waals surface area contributed by atoms with Crippen LogP contribution in [0, 0.1) is 12.3 Å². The molecule has 1 aliphatic carbocycles. The van der Waals surface area contributed by atoms with Gasteiger partial charge >= 0.3 is 0 Å². The Morgan fingerprint density at radius 2 is 2.12 bits per heavy atom. The summed E-state index contributed by atoms with van der Waals surface area (Å²) >= 11 is 3.51. The van der Waals surface area contributed by atoms with Crippen LogP contribution >= 0.6 is 15.9 Å². The van der Waals surface area contributed by atoms with Crippen molar-refractivity contribution in [3.63, 3.8) is 0 Å². The van der Waals surface area contributed by atoms with Crippen LogP contribution in [0.25, 0.3) is 0 Å². The second kappa shape index (κ2) is 4.18. The fourth-order valence-corrected chi connectivity index (χ4v) is 2.62. The van der Waals surface area contributed by atoms with Gasteiger partial charge in [-0.1, -0.05) is 13.8 Å². The normalized spacial score (nSPS) is 26.4. The zero-order chi connectivity index (χ0) is 12.8. The Balaban J connectivity index is 2.18. The van der Waals surface area contributed by atoms with Crippen LogP contribution in [-0.4, -0.2) is 17.3 Å². The van der Waals surface area contributed by atoms with E-state index >= 15 is 0 Å². The van der Waals surface area contributed by atoms with Crippen LogP contribution < -0.4 is 11.1 Å². The lowest BCUT2D eigenvalue weighted by atomic mass is 9.64. The minimum absolute atomic E-state index is 0.0747.